The topological polar surface area (TPSA) is 73.2 Å². The van der Waals surface area contributed by atoms with E-state index in [4.69, 9.17) is 16.3 Å². The number of thioether (sulfide) groups is 1. The van der Waals surface area contributed by atoms with Crippen molar-refractivity contribution in [1.29, 1.82) is 0 Å². The number of amides is 1. The highest BCUT2D eigenvalue weighted by Crippen LogP contribution is 2.21. The number of carbonyl (C=O) groups is 1. The summed E-state index contributed by atoms with van der Waals surface area (Å²) in [4.78, 5) is 29.4. The van der Waals surface area contributed by atoms with E-state index in [-0.39, 0.29) is 28.8 Å². The molecule has 0 spiro atoms. The summed E-state index contributed by atoms with van der Waals surface area (Å²) in [5.74, 6) is -0.601. The summed E-state index contributed by atoms with van der Waals surface area (Å²) < 4.78 is 20.3. The molecule has 0 bridgehead atoms. The molecule has 2 aromatic heterocycles. The first-order chi connectivity index (χ1) is 13.5. The van der Waals surface area contributed by atoms with Gasteiger partial charge in [0.2, 0.25) is 5.91 Å². The molecule has 3 aromatic rings. The molecule has 6 nitrogen and oxygen atoms in total. The van der Waals surface area contributed by atoms with Crippen molar-refractivity contribution in [3.05, 3.63) is 56.4 Å². The van der Waals surface area contributed by atoms with Crippen molar-refractivity contribution in [3.8, 4) is 0 Å². The summed E-state index contributed by atoms with van der Waals surface area (Å²) in [6.07, 6.45) is 0. The van der Waals surface area contributed by atoms with E-state index >= 15 is 0 Å². The minimum atomic E-state index is -0.431. The van der Waals surface area contributed by atoms with Crippen LogP contribution in [-0.2, 0) is 22.6 Å². The van der Waals surface area contributed by atoms with Gasteiger partial charge in [0.15, 0.2) is 5.16 Å². The maximum absolute atomic E-state index is 13.1. The van der Waals surface area contributed by atoms with Gasteiger partial charge in [-0.2, -0.15) is 0 Å². The highest BCUT2D eigenvalue weighted by Gasteiger charge is 2.14. The average Bonchev–Trinajstić information content (AvgIpc) is 3.14. The molecular formula is C18H17ClFN3O3S2. The molecule has 0 saturated heterocycles. The predicted molar refractivity (Wildman–Crippen MR) is 110 cm³/mol. The summed E-state index contributed by atoms with van der Waals surface area (Å²) >= 11 is 8.48. The fraction of sp³-hybridized carbons (Fsp3) is 0.278. The minimum Gasteiger partial charge on any atom is -0.383 e. The number of hydrogen-bond acceptors (Lipinski definition) is 6. The van der Waals surface area contributed by atoms with E-state index in [1.165, 1.54) is 45.9 Å². The molecule has 10 heteroatoms. The van der Waals surface area contributed by atoms with Gasteiger partial charge in [-0.05, 0) is 29.1 Å². The fourth-order valence-electron chi connectivity index (χ4n) is 2.45. The van der Waals surface area contributed by atoms with Crippen LogP contribution >= 0.6 is 34.7 Å². The Morgan fingerprint density at radius 3 is 3.00 bits per heavy atom. The van der Waals surface area contributed by atoms with Crippen LogP contribution in [0.2, 0.25) is 5.02 Å². The Labute approximate surface area is 173 Å². The molecular weight excluding hydrogens is 425 g/mol. The Hall–Kier alpha value is -1.94. The SMILES string of the molecule is COCCn1c(SCC(=O)NCc2ccc(F)cc2Cl)nc2ccsc2c1=O. The lowest BCUT2D eigenvalue weighted by Crippen LogP contribution is -2.27. The van der Waals surface area contributed by atoms with Crippen LogP contribution in [0, 0.1) is 5.82 Å². The van der Waals surface area contributed by atoms with Gasteiger partial charge in [0.05, 0.1) is 24.4 Å². The third kappa shape index (κ3) is 4.91. The second kappa shape index (κ2) is 9.51. The molecule has 0 unspecified atom stereocenters. The number of methoxy groups -OCH3 is 1. The zero-order valence-corrected chi connectivity index (χ0v) is 17.3. The summed E-state index contributed by atoms with van der Waals surface area (Å²) in [6.45, 7) is 0.901. The van der Waals surface area contributed by atoms with Crippen molar-refractivity contribution in [2.45, 2.75) is 18.2 Å². The molecule has 0 fully saturated rings. The third-order valence-electron chi connectivity index (χ3n) is 3.87. The van der Waals surface area contributed by atoms with Crippen molar-refractivity contribution in [2.24, 2.45) is 0 Å². The fourth-order valence-corrected chi connectivity index (χ4v) is 4.32. The molecule has 1 N–H and O–H groups in total. The van der Waals surface area contributed by atoms with Crippen LogP contribution in [0.15, 0.2) is 39.6 Å². The maximum atomic E-state index is 13.1. The van der Waals surface area contributed by atoms with Gasteiger partial charge in [0, 0.05) is 18.7 Å². The van der Waals surface area contributed by atoms with Crippen molar-refractivity contribution in [3.63, 3.8) is 0 Å². The number of benzene rings is 1. The first-order valence-electron chi connectivity index (χ1n) is 8.30. The first-order valence-corrected chi connectivity index (χ1v) is 10.5. The molecule has 0 atom stereocenters. The Bertz CT molecular complexity index is 1050. The number of halogens is 2. The predicted octanol–water partition coefficient (Wildman–Crippen LogP) is 3.31. The quantitative estimate of drug-likeness (QED) is 0.429. The van der Waals surface area contributed by atoms with E-state index in [1.807, 2.05) is 5.38 Å². The number of nitrogens with zero attached hydrogens (tertiary/aromatic N) is 2. The van der Waals surface area contributed by atoms with Gasteiger partial charge in [0.1, 0.15) is 10.5 Å². The molecule has 1 aromatic carbocycles. The van der Waals surface area contributed by atoms with Crippen LogP contribution < -0.4 is 10.9 Å². The summed E-state index contributed by atoms with van der Waals surface area (Å²) in [6, 6.07) is 5.80. The molecule has 0 radical (unpaired) electrons. The lowest BCUT2D eigenvalue weighted by Gasteiger charge is -2.12. The Morgan fingerprint density at radius 2 is 2.25 bits per heavy atom. The minimum absolute atomic E-state index is 0.0773. The second-order valence-corrected chi connectivity index (χ2v) is 8.05. The van der Waals surface area contributed by atoms with E-state index in [1.54, 1.807) is 13.2 Å². The molecule has 0 saturated carbocycles. The van der Waals surface area contributed by atoms with E-state index < -0.39 is 5.82 Å². The van der Waals surface area contributed by atoms with Crippen LogP contribution in [0.3, 0.4) is 0 Å². The van der Waals surface area contributed by atoms with Crippen molar-refractivity contribution in [2.75, 3.05) is 19.5 Å². The number of ether oxygens (including phenoxy) is 1. The molecule has 2 heterocycles. The van der Waals surface area contributed by atoms with E-state index in [0.717, 1.165) is 0 Å². The molecule has 0 aliphatic carbocycles. The van der Waals surface area contributed by atoms with Gasteiger partial charge < -0.3 is 10.1 Å². The maximum Gasteiger partial charge on any atom is 0.272 e. The van der Waals surface area contributed by atoms with Crippen LogP contribution in [0.1, 0.15) is 5.56 Å². The van der Waals surface area contributed by atoms with Crippen LogP contribution in [0.4, 0.5) is 4.39 Å². The third-order valence-corrected chi connectivity index (χ3v) is 6.09. The lowest BCUT2D eigenvalue weighted by atomic mass is 10.2. The highest BCUT2D eigenvalue weighted by atomic mass is 35.5. The smallest absolute Gasteiger partial charge is 0.272 e. The van der Waals surface area contributed by atoms with Gasteiger partial charge in [-0.1, -0.05) is 29.4 Å². The van der Waals surface area contributed by atoms with Gasteiger partial charge >= 0.3 is 0 Å². The normalized spacial score (nSPS) is 11.1. The van der Waals surface area contributed by atoms with Crippen molar-refractivity contribution < 1.29 is 13.9 Å². The largest absolute Gasteiger partial charge is 0.383 e. The van der Waals surface area contributed by atoms with E-state index in [9.17, 15) is 14.0 Å². The molecule has 148 valence electrons. The highest BCUT2D eigenvalue weighted by molar-refractivity contribution is 7.99. The molecule has 0 aliphatic rings. The summed E-state index contributed by atoms with van der Waals surface area (Å²) in [7, 11) is 1.56. The van der Waals surface area contributed by atoms with E-state index in [2.05, 4.69) is 10.3 Å². The number of fused-ring (bicyclic) bond motifs is 1. The lowest BCUT2D eigenvalue weighted by molar-refractivity contribution is -0.118. The number of rotatable bonds is 8. The Balaban J connectivity index is 1.68. The standard InChI is InChI=1S/C18H17ClFN3O3S2/c1-26-6-5-23-17(25)16-14(4-7-27-16)22-18(23)28-10-15(24)21-9-11-2-3-12(20)8-13(11)19/h2-4,7-8H,5-6,9-10H2,1H3,(H,21,24). The van der Waals surface area contributed by atoms with Gasteiger partial charge in [0.25, 0.3) is 5.56 Å². The zero-order valence-electron chi connectivity index (χ0n) is 14.9. The van der Waals surface area contributed by atoms with E-state index in [0.29, 0.717) is 34.1 Å². The monoisotopic (exact) mass is 441 g/mol. The molecule has 28 heavy (non-hydrogen) atoms. The van der Waals surface area contributed by atoms with Crippen molar-refractivity contribution >= 4 is 50.8 Å². The van der Waals surface area contributed by atoms with Crippen molar-refractivity contribution in [1.82, 2.24) is 14.9 Å². The number of carbonyl (C=O) groups excluding carboxylic acids is 1. The van der Waals surface area contributed by atoms with Crippen LogP contribution in [-0.4, -0.2) is 34.9 Å². The number of hydrogen-bond donors (Lipinski definition) is 1. The summed E-state index contributed by atoms with van der Waals surface area (Å²) in [5, 5.41) is 5.26. The summed E-state index contributed by atoms with van der Waals surface area (Å²) in [5.41, 5.74) is 1.10. The number of aromatic nitrogens is 2. The van der Waals surface area contributed by atoms with Crippen LogP contribution in [0.25, 0.3) is 10.2 Å². The Morgan fingerprint density at radius 1 is 1.43 bits per heavy atom. The second-order valence-electron chi connectivity index (χ2n) is 5.78. The zero-order chi connectivity index (χ0) is 20.1. The van der Waals surface area contributed by atoms with Gasteiger partial charge in [-0.15, -0.1) is 11.3 Å². The molecule has 0 aliphatic heterocycles. The molecule has 1 amide bonds. The van der Waals surface area contributed by atoms with Gasteiger partial charge in [-0.3, -0.25) is 14.2 Å². The molecule has 3 rings (SSSR count). The van der Waals surface area contributed by atoms with Crippen LogP contribution in [0.5, 0.6) is 0 Å². The first kappa shape index (κ1) is 20.8. The number of thiophene rings is 1. The average molecular weight is 442 g/mol. The van der Waals surface area contributed by atoms with Gasteiger partial charge in [-0.25, -0.2) is 9.37 Å². The Kier molecular flexibility index (Phi) is 7.06. The number of nitrogens with one attached hydrogen (secondary N) is 1.